The minimum Gasteiger partial charge on any atom is -0.369 e. The Morgan fingerprint density at radius 2 is 2.00 bits per heavy atom. The molecule has 1 spiro atoms. The molecule has 1 aromatic carbocycles. The molecule has 1 aliphatic heterocycles. The maximum Gasteiger partial charge on any atom is 0.213 e. The highest BCUT2D eigenvalue weighted by Crippen LogP contribution is 2.44. The van der Waals surface area contributed by atoms with Crippen LogP contribution in [0.25, 0.3) is 11.0 Å². The molecule has 5 rings (SSSR count). The van der Waals surface area contributed by atoms with Crippen LogP contribution >= 0.6 is 0 Å². The lowest BCUT2D eigenvalue weighted by atomic mass is 9.66. The van der Waals surface area contributed by atoms with E-state index in [-0.39, 0.29) is 23.0 Å². The van der Waals surface area contributed by atoms with E-state index in [1.165, 1.54) is 0 Å². The number of hydrogen-bond acceptors (Lipinski definition) is 6. The van der Waals surface area contributed by atoms with E-state index in [4.69, 9.17) is 5.73 Å². The Balaban J connectivity index is 1.62. The van der Waals surface area contributed by atoms with Crippen molar-refractivity contribution in [1.82, 2.24) is 25.1 Å². The summed E-state index contributed by atoms with van der Waals surface area (Å²) in [6.07, 6.45) is 3.14. The summed E-state index contributed by atoms with van der Waals surface area (Å²) in [5.74, 6) is 0.254. The van der Waals surface area contributed by atoms with Gasteiger partial charge in [0.25, 0.3) is 0 Å². The molecule has 30 heavy (non-hydrogen) atoms. The predicted molar refractivity (Wildman–Crippen MR) is 114 cm³/mol. The van der Waals surface area contributed by atoms with E-state index in [1.54, 1.807) is 22.9 Å². The summed E-state index contributed by atoms with van der Waals surface area (Å²) in [6, 6.07) is 5.28. The number of H-pyrrole nitrogens is 1. The monoisotopic (exact) mass is 406 g/mol. The highest BCUT2D eigenvalue weighted by Gasteiger charge is 2.43. The second-order valence-corrected chi connectivity index (χ2v) is 8.92. The number of imidazole rings is 1. The van der Waals surface area contributed by atoms with Gasteiger partial charge in [-0.05, 0) is 69.8 Å². The van der Waals surface area contributed by atoms with E-state index in [2.05, 4.69) is 20.4 Å². The van der Waals surface area contributed by atoms with Gasteiger partial charge in [0.2, 0.25) is 5.78 Å². The Morgan fingerprint density at radius 1 is 1.23 bits per heavy atom. The van der Waals surface area contributed by atoms with E-state index in [0.29, 0.717) is 40.4 Å². The third kappa shape index (κ3) is 2.94. The van der Waals surface area contributed by atoms with Gasteiger partial charge in [0.05, 0.1) is 11.0 Å². The molecule has 3 aromatic rings. The molecular formula is C22H26N6O2. The zero-order valence-electron chi connectivity index (χ0n) is 17.3. The minimum atomic E-state index is -0.167. The Bertz CT molecular complexity index is 1170. The van der Waals surface area contributed by atoms with Gasteiger partial charge >= 0.3 is 0 Å². The van der Waals surface area contributed by atoms with Crippen LogP contribution in [-0.4, -0.2) is 44.4 Å². The first-order valence-electron chi connectivity index (χ1n) is 10.5. The molecule has 0 amide bonds. The molecule has 0 atom stereocenters. The third-order valence-electron chi connectivity index (χ3n) is 6.49. The van der Waals surface area contributed by atoms with Crippen LogP contribution in [0.5, 0.6) is 0 Å². The molecule has 0 bridgehead atoms. The number of nitrogen functional groups attached to an aromatic ring is 1. The van der Waals surface area contributed by atoms with Gasteiger partial charge in [-0.3, -0.25) is 14.3 Å². The summed E-state index contributed by atoms with van der Waals surface area (Å²) in [5.41, 5.74) is 9.43. The van der Waals surface area contributed by atoms with Crippen LogP contribution in [0.1, 0.15) is 71.3 Å². The van der Waals surface area contributed by atoms with Gasteiger partial charge in [0.15, 0.2) is 11.7 Å². The van der Waals surface area contributed by atoms with E-state index in [9.17, 15) is 9.59 Å². The van der Waals surface area contributed by atoms with Crippen molar-refractivity contribution in [3.8, 4) is 0 Å². The fraction of sp³-hybridized carbons (Fsp3) is 0.455. The number of piperidine rings is 1. The van der Waals surface area contributed by atoms with E-state index in [0.717, 1.165) is 37.9 Å². The van der Waals surface area contributed by atoms with Crippen LogP contribution in [0.3, 0.4) is 0 Å². The van der Waals surface area contributed by atoms with Crippen LogP contribution in [0.4, 0.5) is 5.95 Å². The number of benzene rings is 1. The highest BCUT2D eigenvalue weighted by molar-refractivity contribution is 6.12. The van der Waals surface area contributed by atoms with Gasteiger partial charge in [-0.15, -0.1) is 0 Å². The van der Waals surface area contributed by atoms with Crippen LogP contribution in [0, 0.1) is 5.41 Å². The Kier molecular flexibility index (Phi) is 4.28. The van der Waals surface area contributed by atoms with Crippen molar-refractivity contribution < 1.29 is 9.59 Å². The van der Waals surface area contributed by atoms with Crippen LogP contribution < -0.4 is 11.1 Å². The summed E-state index contributed by atoms with van der Waals surface area (Å²) < 4.78 is 1.74. The van der Waals surface area contributed by atoms with E-state index in [1.807, 2.05) is 13.8 Å². The lowest BCUT2D eigenvalue weighted by molar-refractivity contribution is 0.0821. The summed E-state index contributed by atoms with van der Waals surface area (Å²) in [6.45, 7) is 5.79. The number of aromatic amines is 1. The molecule has 2 aliphatic rings. The van der Waals surface area contributed by atoms with Gasteiger partial charge in [-0.2, -0.15) is 5.10 Å². The Labute approximate surface area is 174 Å². The number of Topliss-reactive ketones (excluding diaryl/α,β-unsaturated/α-hetero) is 1. The smallest absolute Gasteiger partial charge is 0.213 e. The van der Waals surface area contributed by atoms with Crippen molar-refractivity contribution in [2.45, 2.75) is 45.6 Å². The van der Waals surface area contributed by atoms with Crippen LogP contribution in [0.15, 0.2) is 18.2 Å². The number of carbonyl (C=O) groups excluding carboxylic acids is 2. The van der Waals surface area contributed by atoms with Gasteiger partial charge in [-0.25, -0.2) is 4.98 Å². The number of nitrogens with two attached hydrogens (primary N) is 1. The first-order chi connectivity index (χ1) is 14.4. The average Bonchev–Trinajstić information content (AvgIpc) is 3.27. The van der Waals surface area contributed by atoms with E-state index >= 15 is 0 Å². The van der Waals surface area contributed by atoms with Crippen molar-refractivity contribution in [3.63, 3.8) is 0 Å². The molecule has 0 radical (unpaired) electrons. The lowest BCUT2D eigenvalue weighted by Gasteiger charge is -2.40. The zero-order valence-corrected chi connectivity index (χ0v) is 17.3. The molecule has 8 heteroatoms. The minimum absolute atomic E-state index is 0.00112. The quantitative estimate of drug-likeness (QED) is 0.576. The number of fused-ring (bicyclic) bond motifs is 2. The molecule has 4 N–H and O–H groups in total. The Morgan fingerprint density at radius 3 is 2.73 bits per heavy atom. The molecule has 1 saturated heterocycles. The normalized spacial score (nSPS) is 18.3. The zero-order chi connectivity index (χ0) is 21.0. The van der Waals surface area contributed by atoms with Crippen LogP contribution in [0.2, 0.25) is 0 Å². The lowest BCUT2D eigenvalue weighted by Crippen LogP contribution is -2.42. The van der Waals surface area contributed by atoms with Crippen molar-refractivity contribution in [3.05, 3.63) is 40.7 Å². The average molecular weight is 406 g/mol. The molecule has 2 aromatic heterocycles. The summed E-state index contributed by atoms with van der Waals surface area (Å²) in [7, 11) is 0. The summed E-state index contributed by atoms with van der Waals surface area (Å²) >= 11 is 0. The maximum atomic E-state index is 13.5. The topological polar surface area (TPSA) is 119 Å². The summed E-state index contributed by atoms with van der Waals surface area (Å²) in [5, 5.41) is 8.04. The van der Waals surface area contributed by atoms with Crippen molar-refractivity contribution >= 4 is 28.5 Å². The number of nitrogens with one attached hydrogen (secondary N) is 2. The molecule has 156 valence electrons. The third-order valence-corrected chi connectivity index (χ3v) is 6.49. The number of ketones is 2. The second-order valence-electron chi connectivity index (χ2n) is 8.92. The number of aromatic nitrogens is 4. The molecule has 8 nitrogen and oxygen atoms in total. The fourth-order valence-electron chi connectivity index (χ4n) is 4.97. The molecule has 3 heterocycles. The van der Waals surface area contributed by atoms with Gasteiger partial charge in [-0.1, -0.05) is 0 Å². The van der Waals surface area contributed by atoms with Crippen molar-refractivity contribution in [2.24, 2.45) is 5.41 Å². The number of hydrogen-bond donors (Lipinski definition) is 3. The molecule has 1 aliphatic carbocycles. The molecule has 0 unspecified atom stereocenters. The van der Waals surface area contributed by atoms with Crippen molar-refractivity contribution in [1.29, 1.82) is 0 Å². The number of rotatable bonds is 3. The van der Waals surface area contributed by atoms with Gasteiger partial charge in [0, 0.05) is 23.6 Å². The first kappa shape index (κ1) is 19.0. The number of anilines is 1. The number of carbonyl (C=O) groups is 2. The van der Waals surface area contributed by atoms with E-state index < -0.39 is 0 Å². The summed E-state index contributed by atoms with van der Waals surface area (Å²) in [4.78, 5) is 33.9. The van der Waals surface area contributed by atoms with Gasteiger partial charge in [0.1, 0.15) is 11.4 Å². The van der Waals surface area contributed by atoms with Crippen molar-refractivity contribution in [2.75, 3.05) is 18.8 Å². The molecule has 0 saturated carbocycles. The largest absolute Gasteiger partial charge is 0.369 e. The second kappa shape index (κ2) is 6.77. The van der Waals surface area contributed by atoms with Crippen LogP contribution in [-0.2, 0) is 6.42 Å². The SMILES string of the molecule is CC(C)n1nc(C(=O)c2ccc3nc(N)[nH]c3c2)c2c1C(=O)CC1(CCNCC1)C2. The maximum absolute atomic E-state index is 13.5. The first-order valence-corrected chi connectivity index (χ1v) is 10.5. The molecule has 1 fully saturated rings. The fourth-order valence-corrected chi connectivity index (χ4v) is 4.97. The number of nitrogens with zero attached hydrogens (tertiary/aromatic N) is 3. The molecular weight excluding hydrogens is 380 g/mol. The predicted octanol–water partition coefficient (Wildman–Crippen LogP) is 2.65. The standard InChI is InChI=1S/C22H26N6O2/c1-12(2)28-19-14(10-22(11-17(19)29)5-7-24-8-6-22)18(27-28)20(30)13-3-4-15-16(9-13)26-21(23)25-15/h3-4,9,12,24H,5-8,10-11H2,1-2H3,(H3,23,25,26). The van der Waals surface area contributed by atoms with Gasteiger partial charge < -0.3 is 16.0 Å². The highest BCUT2D eigenvalue weighted by atomic mass is 16.1. The Hall–Kier alpha value is -3.00.